The zero-order chi connectivity index (χ0) is 21.2. The molecule has 3 rings (SSSR count). The topological polar surface area (TPSA) is 75.7 Å². The fraction of sp³-hybridized carbons (Fsp3) is 0.632. The summed E-state index contributed by atoms with van der Waals surface area (Å²) in [5.41, 5.74) is -0.0609. The molecule has 2 aliphatic rings. The molecule has 0 aromatic heterocycles. The number of alkyl halides is 3. The molecule has 1 amide bonds. The Morgan fingerprint density at radius 3 is 2.38 bits per heavy atom. The summed E-state index contributed by atoms with van der Waals surface area (Å²) in [7, 11) is -3.81. The largest absolute Gasteiger partial charge is 0.482 e. The van der Waals surface area contributed by atoms with Crippen molar-refractivity contribution in [1.82, 2.24) is 4.31 Å². The van der Waals surface area contributed by atoms with E-state index in [9.17, 15) is 26.4 Å². The first-order valence-corrected chi connectivity index (χ1v) is 11.2. The first-order valence-electron chi connectivity index (χ1n) is 9.72. The number of amides is 1. The summed E-state index contributed by atoms with van der Waals surface area (Å²) in [4.78, 5) is 12.2. The molecule has 1 aromatic carbocycles. The first-order chi connectivity index (χ1) is 13.6. The number of nitrogens with one attached hydrogen (secondary N) is 1. The second-order valence-corrected chi connectivity index (χ2v) is 9.63. The Labute approximate surface area is 168 Å². The summed E-state index contributed by atoms with van der Waals surface area (Å²) >= 11 is 0. The van der Waals surface area contributed by atoms with Gasteiger partial charge in [0.05, 0.1) is 10.6 Å². The molecule has 1 aliphatic carbocycles. The van der Waals surface area contributed by atoms with E-state index in [-0.39, 0.29) is 34.1 Å². The summed E-state index contributed by atoms with van der Waals surface area (Å²) < 4.78 is 69.9. The SMILES string of the molecule is C[C@H]1C[C@H]1C(=O)Nc1cc(S(=O)(=O)N2CCCCCC2)ccc1OCC(F)(F)F. The van der Waals surface area contributed by atoms with Crippen LogP contribution < -0.4 is 10.1 Å². The minimum atomic E-state index is -4.55. The smallest absolute Gasteiger partial charge is 0.422 e. The number of carbonyl (C=O) groups excluding carboxylic acids is 1. The molecule has 1 N–H and O–H groups in total. The number of halogens is 3. The van der Waals surface area contributed by atoms with Gasteiger partial charge < -0.3 is 10.1 Å². The van der Waals surface area contributed by atoms with Crippen molar-refractivity contribution in [3.05, 3.63) is 18.2 Å². The van der Waals surface area contributed by atoms with Crippen LogP contribution in [0, 0.1) is 11.8 Å². The van der Waals surface area contributed by atoms with E-state index in [1.54, 1.807) is 0 Å². The Hall–Kier alpha value is -1.81. The molecule has 2 atom stereocenters. The van der Waals surface area contributed by atoms with Crippen molar-refractivity contribution in [2.75, 3.05) is 25.0 Å². The highest BCUT2D eigenvalue weighted by molar-refractivity contribution is 7.89. The molecule has 1 aromatic rings. The maximum Gasteiger partial charge on any atom is 0.422 e. The number of hydrogen-bond acceptors (Lipinski definition) is 4. The number of hydrogen-bond donors (Lipinski definition) is 1. The zero-order valence-corrected chi connectivity index (χ0v) is 17.0. The van der Waals surface area contributed by atoms with Crippen molar-refractivity contribution in [2.45, 2.75) is 50.1 Å². The highest BCUT2D eigenvalue weighted by Gasteiger charge is 2.39. The second-order valence-electron chi connectivity index (χ2n) is 7.69. The summed E-state index contributed by atoms with van der Waals surface area (Å²) in [6.07, 6.45) is -0.433. The molecule has 1 saturated carbocycles. The van der Waals surface area contributed by atoms with Gasteiger partial charge in [0.2, 0.25) is 15.9 Å². The van der Waals surface area contributed by atoms with E-state index in [2.05, 4.69) is 5.32 Å². The summed E-state index contributed by atoms with van der Waals surface area (Å²) in [5.74, 6) is -0.590. The highest BCUT2D eigenvalue weighted by Crippen LogP contribution is 2.40. The lowest BCUT2D eigenvalue weighted by Crippen LogP contribution is -2.32. The van der Waals surface area contributed by atoms with Gasteiger partial charge in [0.1, 0.15) is 5.75 Å². The van der Waals surface area contributed by atoms with Crippen LogP contribution in [0.5, 0.6) is 5.75 Å². The average Bonchev–Trinajstić information content (AvgIpc) is 3.42. The van der Waals surface area contributed by atoms with Crippen LogP contribution in [0.2, 0.25) is 0 Å². The summed E-state index contributed by atoms with van der Waals surface area (Å²) in [6, 6.07) is 3.58. The second kappa shape index (κ2) is 8.51. The maximum atomic E-state index is 13.0. The van der Waals surface area contributed by atoms with Gasteiger partial charge in [0, 0.05) is 19.0 Å². The van der Waals surface area contributed by atoms with Crippen molar-refractivity contribution >= 4 is 21.6 Å². The molecular weight excluding hydrogens is 409 g/mol. The van der Waals surface area contributed by atoms with Gasteiger partial charge in [0.25, 0.3) is 0 Å². The fourth-order valence-electron chi connectivity index (χ4n) is 3.40. The summed E-state index contributed by atoms with van der Waals surface area (Å²) in [6.45, 7) is 1.16. The number of carbonyl (C=O) groups is 1. The lowest BCUT2D eigenvalue weighted by atomic mass is 10.2. The minimum absolute atomic E-state index is 0.0609. The van der Waals surface area contributed by atoms with Crippen molar-refractivity contribution < 1.29 is 31.1 Å². The third kappa shape index (κ3) is 5.63. The van der Waals surface area contributed by atoms with Crippen molar-refractivity contribution in [1.29, 1.82) is 0 Å². The number of ether oxygens (including phenoxy) is 1. The van der Waals surface area contributed by atoms with Gasteiger partial charge in [-0.25, -0.2) is 8.42 Å². The lowest BCUT2D eigenvalue weighted by Gasteiger charge is -2.21. The molecule has 1 aliphatic heterocycles. The van der Waals surface area contributed by atoms with Crippen LogP contribution in [-0.4, -0.2) is 44.5 Å². The molecule has 2 fully saturated rings. The predicted octanol–water partition coefficient (Wildman–Crippen LogP) is 3.79. The first kappa shape index (κ1) is 21.9. The molecule has 1 saturated heterocycles. The van der Waals surface area contributed by atoms with Crippen molar-refractivity contribution in [2.24, 2.45) is 11.8 Å². The van der Waals surface area contributed by atoms with Crippen LogP contribution >= 0.6 is 0 Å². The predicted molar refractivity (Wildman–Crippen MR) is 101 cm³/mol. The van der Waals surface area contributed by atoms with Crippen LogP contribution in [0.3, 0.4) is 0 Å². The number of nitrogens with zero attached hydrogens (tertiary/aromatic N) is 1. The molecule has 0 radical (unpaired) electrons. The molecule has 162 valence electrons. The van der Waals surface area contributed by atoms with E-state index in [0.717, 1.165) is 25.7 Å². The van der Waals surface area contributed by atoms with Crippen LogP contribution in [0.25, 0.3) is 0 Å². The zero-order valence-electron chi connectivity index (χ0n) is 16.2. The Bertz CT molecular complexity index is 850. The van der Waals surface area contributed by atoms with E-state index < -0.39 is 22.8 Å². The minimum Gasteiger partial charge on any atom is -0.482 e. The number of rotatable bonds is 6. The lowest BCUT2D eigenvalue weighted by molar-refractivity contribution is -0.153. The Balaban J connectivity index is 1.87. The van der Waals surface area contributed by atoms with E-state index in [1.807, 2.05) is 6.92 Å². The van der Waals surface area contributed by atoms with E-state index >= 15 is 0 Å². The molecule has 10 heteroatoms. The van der Waals surface area contributed by atoms with Crippen LogP contribution in [-0.2, 0) is 14.8 Å². The quantitative estimate of drug-likeness (QED) is 0.739. The van der Waals surface area contributed by atoms with Gasteiger partial charge in [-0.1, -0.05) is 19.8 Å². The summed E-state index contributed by atoms with van der Waals surface area (Å²) in [5, 5.41) is 2.55. The Morgan fingerprint density at radius 2 is 1.83 bits per heavy atom. The van der Waals surface area contributed by atoms with Gasteiger partial charge in [-0.15, -0.1) is 0 Å². The highest BCUT2D eigenvalue weighted by atomic mass is 32.2. The Kier molecular flexibility index (Phi) is 6.42. The Morgan fingerprint density at radius 1 is 1.21 bits per heavy atom. The van der Waals surface area contributed by atoms with Crippen LogP contribution in [0.15, 0.2) is 23.1 Å². The third-order valence-electron chi connectivity index (χ3n) is 5.25. The van der Waals surface area contributed by atoms with Gasteiger partial charge in [-0.2, -0.15) is 17.5 Å². The van der Waals surface area contributed by atoms with Crippen LogP contribution in [0.4, 0.5) is 18.9 Å². The van der Waals surface area contributed by atoms with Crippen molar-refractivity contribution in [3.63, 3.8) is 0 Å². The number of sulfonamides is 1. The molecular formula is C19H25F3N2O4S. The monoisotopic (exact) mass is 434 g/mol. The van der Waals surface area contributed by atoms with Gasteiger partial charge in [-0.3, -0.25) is 4.79 Å². The van der Waals surface area contributed by atoms with Crippen molar-refractivity contribution in [3.8, 4) is 5.75 Å². The molecule has 0 bridgehead atoms. The van der Waals surface area contributed by atoms with Gasteiger partial charge in [-0.05, 0) is 43.4 Å². The average molecular weight is 434 g/mol. The number of anilines is 1. The molecule has 29 heavy (non-hydrogen) atoms. The molecule has 6 nitrogen and oxygen atoms in total. The van der Waals surface area contributed by atoms with Gasteiger partial charge in [0.15, 0.2) is 6.61 Å². The van der Waals surface area contributed by atoms with E-state index in [4.69, 9.17) is 4.74 Å². The van der Waals surface area contributed by atoms with E-state index in [0.29, 0.717) is 19.5 Å². The van der Waals surface area contributed by atoms with E-state index in [1.165, 1.54) is 22.5 Å². The standard InChI is InChI=1S/C19H25F3N2O4S/c1-13-10-15(13)18(25)23-16-11-14(6-7-17(16)28-12-19(20,21)22)29(26,27)24-8-4-2-3-5-9-24/h6-7,11,13,15H,2-5,8-10,12H2,1H3,(H,23,25)/t13-,15+/m0/s1. The number of benzene rings is 1. The van der Waals surface area contributed by atoms with Gasteiger partial charge >= 0.3 is 6.18 Å². The molecule has 0 unspecified atom stereocenters. The molecule has 1 heterocycles. The normalized spacial score (nSPS) is 23.3. The fourth-order valence-corrected chi connectivity index (χ4v) is 4.94. The molecule has 0 spiro atoms. The van der Waals surface area contributed by atoms with Crippen LogP contribution in [0.1, 0.15) is 39.0 Å². The third-order valence-corrected chi connectivity index (χ3v) is 7.14. The maximum absolute atomic E-state index is 13.0.